The maximum absolute atomic E-state index is 11.7. The van der Waals surface area contributed by atoms with E-state index in [0.717, 1.165) is 25.5 Å². The Balaban J connectivity index is 1.56. The van der Waals surface area contributed by atoms with Crippen LogP contribution in [0.1, 0.15) is 32.6 Å². The van der Waals surface area contributed by atoms with Gasteiger partial charge in [-0.05, 0) is 49.8 Å². The first-order valence-corrected chi connectivity index (χ1v) is 12.1. The summed E-state index contributed by atoms with van der Waals surface area (Å²) in [6, 6.07) is 4.42. The maximum Gasteiger partial charge on any atom is 0.216 e. The van der Waals surface area contributed by atoms with Crippen molar-refractivity contribution in [3.05, 3.63) is 18.3 Å². The topological polar surface area (TPSA) is 82.6 Å². The predicted molar refractivity (Wildman–Crippen MR) is 108 cm³/mol. The molecule has 3 aliphatic rings. The Morgan fingerprint density at radius 1 is 1.25 bits per heavy atom. The molecule has 1 aromatic rings. The van der Waals surface area contributed by atoms with Crippen LogP contribution in [0.2, 0.25) is 0 Å². The highest BCUT2D eigenvalue weighted by atomic mass is 32.2. The largest absolute Gasteiger partial charge is 0.356 e. The number of rotatable bonds is 4. The van der Waals surface area contributed by atoms with E-state index >= 15 is 0 Å². The molecule has 2 bridgehead atoms. The lowest BCUT2D eigenvalue weighted by Gasteiger charge is -2.57. The number of pyridine rings is 1. The Kier molecular flexibility index (Phi) is 5.35. The molecule has 154 valence electrons. The van der Waals surface area contributed by atoms with E-state index in [1.54, 1.807) is 13.0 Å². The molecule has 4 rings (SSSR count). The highest BCUT2D eigenvalue weighted by molar-refractivity contribution is 7.90. The number of sulfone groups is 1. The summed E-state index contributed by atoms with van der Waals surface area (Å²) in [6.07, 6.45) is 7.61. The first kappa shape index (κ1) is 19.6. The quantitative estimate of drug-likeness (QED) is 0.812. The fraction of sp³-hybridized carbons (Fsp3) is 0.700. The van der Waals surface area contributed by atoms with E-state index in [1.165, 1.54) is 38.1 Å². The van der Waals surface area contributed by atoms with Crippen molar-refractivity contribution in [3.63, 3.8) is 0 Å². The molecule has 0 aliphatic carbocycles. The third kappa shape index (κ3) is 3.89. The summed E-state index contributed by atoms with van der Waals surface area (Å²) in [5, 5.41) is 3.05. The average molecular weight is 407 g/mol. The summed E-state index contributed by atoms with van der Waals surface area (Å²) >= 11 is 0. The van der Waals surface area contributed by atoms with Gasteiger partial charge in [0.15, 0.2) is 9.84 Å². The van der Waals surface area contributed by atoms with E-state index in [4.69, 9.17) is 0 Å². The Hall–Kier alpha value is -1.67. The van der Waals surface area contributed by atoms with Crippen LogP contribution in [0.3, 0.4) is 0 Å². The van der Waals surface area contributed by atoms with Crippen molar-refractivity contribution >= 4 is 21.6 Å². The van der Waals surface area contributed by atoms with Crippen LogP contribution < -0.4 is 10.2 Å². The number of fused-ring (bicyclic) bond motifs is 4. The van der Waals surface area contributed by atoms with Gasteiger partial charge in [-0.15, -0.1) is 0 Å². The van der Waals surface area contributed by atoms with Gasteiger partial charge < -0.3 is 10.2 Å². The standard InChI is InChI=1S/C20H30N4O3S/c1-14(25)21-11-19-16-9-15(18-5-3-4-8-24(18)19)12-23(13-16)20-7-6-17(10-22-20)28(2,26)27/h6-7,10,15-16,18-19H,3-5,8-9,11-13H2,1-2H3,(H,21,25)/t15-,16+,18+,19+/m1/s1. The Labute approximate surface area is 167 Å². The fourth-order valence-electron chi connectivity index (χ4n) is 5.40. The SMILES string of the molecule is CC(=O)NC[C@H]1[C@H]2C[C@H](CN(c3ccc(S(C)(=O)=O)cn3)C2)[C@@H]2CCCCN21. The van der Waals surface area contributed by atoms with Gasteiger partial charge in [0.05, 0.1) is 4.90 Å². The molecular formula is C20H30N4O3S. The number of amides is 1. The fourth-order valence-corrected chi connectivity index (χ4v) is 5.96. The molecule has 0 radical (unpaired) electrons. The van der Waals surface area contributed by atoms with Gasteiger partial charge in [-0.1, -0.05) is 6.42 Å². The molecule has 28 heavy (non-hydrogen) atoms. The molecule has 0 aromatic carbocycles. The van der Waals surface area contributed by atoms with Crippen LogP contribution >= 0.6 is 0 Å². The van der Waals surface area contributed by atoms with Crippen molar-refractivity contribution < 1.29 is 13.2 Å². The third-order valence-electron chi connectivity index (χ3n) is 6.65. The molecule has 4 atom stereocenters. The van der Waals surface area contributed by atoms with Crippen molar-refractivity contribution in [1.82, 2.24) is 15.2 Å². The second-order valence-electron chi connectivity index (χ2n) is 8.59. The van der Waals surface area contributed by atoms with Crippen LogP contribution in [0.25, 0.3) is 0 Å². The Morgan fingerprint density at radius 2 is 2.04 bits per heavy atom. The third-order valence-corrected chi connectivity index (χ3v) is 7.75. The summed E-state index contributed by atoms with van der Waals surface area (Å²) in [5.41, 5.74) is 0. The minimum atomic E-state index is -3.23. The second-order valence-corrected chi connectivity index (χ2v) is 10.6. The molecule has 0 saturated carbocycles. The van der Waals surface area contributed by atoms with Crippen molar-refractivity contribution in [2.75, 3.05) is 37.3 Å². The van der Waals surface area contributed by atoms with Gasteiger partial charge in [-0.3, -0.25) is 9.69 Å². The lowest BCUT2D eigenvalue weighted by Crippen LogP contribution is -2.65. The number of anilines is 1. The summed E-state index contributed by atoms with van der Waals surface area (Å²) in [5.74, 6) is 1.96. The summed E-state index contributed by atoms with van der Waals surface area (Å²) < 4.78 is 23.4. The number of hydrogen-bond acceptors (Lipinski definition) is 6. The first-order chi connectivity index (χ1) is 13.3. The normalized spacial score (nSPS) is 30.6. The lowest BCUT2D eigenvalue weighted by atomic mass is 9.72. The van der Waals surface area contributed by atoms with E-state index in [0.29, 0.717) is 30.5 Å². The number of carbonyl (C=O) groups is 1. The maximum atomic E-state index is 11.7. The lowest BCUT2D eigenvalue weighted by molar-refractivity contribution is -0.119. The van der Waals surface area contributed by atoms with Gasteiger partial charge in [0.2, 0.25) is 5.91 Å². The van der Waals surface area contributed by atoms with Gasteiger partial charge in [-0.25, -0.2) is 13.4 Å². The van der Waals surface area contributed by atoms with E-state index < -0.39 is 9.84 Å². The smallest absolute Gasteiger partial charge is 0.216 e. The zero-order valence-electron chi connectivity index (χ0n) is 16.7. The van der Waals surface area contributed by atoms with Crippen molar-refractivity contribution in [2.45, 2.75) is 49.6 Å². The highest BCUT2D eigenvalue weighted by Gasteiger charge is 2.47. The van der Waals surface area contributed by atoms with E-state index in [-0.39, 0.29) is 10.8 Å². The Bertz CT molecular complexity index is 826. The van der Waals surface area contributed by atoms with E-state index in [9.17, 15) is 13.2 Å². The number of nitrogens with zero attached hydrogens (tertiary/aromatic N) is 3. The van der Waals surface area contributed by atoms with Gasteiger partial charge in [0.1, 0.15) is 5.82 Å². The first-order valence-electron chi connectivity index (χ1n) is 10.2. The van der Waals surface area contributed by atoms with Crippen molar-refractivity contribution in [2.24, 2.45) is 11.8 Å². The molecule has 7 nitrogen and oxygen atoms in total. The minimum Gasteiger partial charge on any atom is -0.356 e. The Morgan fingerprint density at radius 3 is 2.71 bits per heavy atom. The zero-order chi connectivity index (χ0) is 19.9. The number of piperidine rings is 3. The molecule has 3 aliphatic heterocycles. The molecule has 0 unspecified atom stereocenters. The molecule has 3 fully saturated rings. The summed E-state index contributed by atoms with van der Waals surface area (Å²) in [6.45, 7) is 5.28. The molecule has 1 amide bonds. The molecule has 1 N–H and O–H groups in total. The number of nitrogens with one attached hydrogen (secondary N) is 1. The molecular weight excluding hydrogens is 376 g/mol. The van der Waals surface area contributed by atoms with E-state index in [2.05, 4.69) is 20.1 Å². The second kappa shape index (κ2) is 7.63. The zero-order valence-corrected chi connectivity index (χ0v) is 17.5. The molecule has 4 heterocycles. The van der Waals surface area contributed by atoms with E-state index in [1.807, 2.05) is 6.07 Å². The van der Waals surface area contributed by atoms with Gasteiger partial charge in [-0.2, -0.15) is 0 Å². The van der Waals surface area contributed by atoms with Crippen LogP contribution in [0.4, 0.5) is 5.82 Å². The number of carbonyl (C=O) groups excluding carboxylic acids is 1. The van der Waals surface area contributed by atoms with Crippen LogP contribution in [0.15, 0.2) is 23.2 Å². The summed E-state index contributed by atoms with van der Waals surface area (Å²) in [4.78, 5) is 21.2. The van der Waals surface area contributed by atoms with Crippen LogP contribution in [0, 0.1) is 11.8 Å². The highest BCUT2D eigenvalue weighted by Crippen LogP contribution is 2.41. The molecule has 3 saturated heterocycles. The molecule has 1 aromatic heterocycles. The monoisotopic (exact) mass is 406 g/mol. The molecule has 0 spiro atoms. The summed E-state index contributed by atoms with van der Waals surface area (Å²) in [7, 11) is -3.23. The van der Waals surface area contributed by atoms with Gasteiger partial charge in [0, 0.05) is 51.1 Å². The van der Waals surface area contributed by atoms with Crippen LogP contribution in [-0.2, 0) is 14.6 Å². The van der Waals surface area contributed by atoms with Gasteiger partial charge in [0.25, 0.3) is 0 Å². The number of aromatic nitrogens is 1. The minimum absolute atomic E-state index is 0.0291. The van der Waals surface area contributed by atoms with Crippen LogP contribution in [0.5, 0.6) is 0 Å². The molecule has 8 heteroatoms. The van der Waals surface area contributed by atoms with Crippen molar-refractivity contribution in [1.29, 1.82) is 0 Å². The predicted octanol–water partition coefficient (Wildman–Crippen LogP) is 1.30. The van der Waals surface area contributed by atoms with Gasteiger partial charge >= 0.3 is 0 Å². The number of hydrogen-bond donors (Lipinski definition) is 1. The average Bonchev–Trinajstić information content (AvgIpc) is 2.67. The van der Waals surface area contributed by atoms with Crippen molar-refractivity contribution in [3.8, 4) is 0 Å². The van der Waals surface area contributed by atoms with Crippen LogP contribution in [-0.4, -0.2) is 68.7 Å².